The van der Waals surface area contributed by atoms with Gasteiger partial charge in [-0.15, -0.1) is 0 Å². The molecule has 0 fully saturated rings. The van der Waals surface area contributed by atoms with Gasteiger partial charge in [0, 0.05) is 0 Å². The minimum absolute atomic E-state index is 0.222. The normalized spacial score (nSPS) is 9.69. The van der Waals surface area contributed by atoms with Crippen LogP contribution in [0.25, 0.3) is 0 Å². The molecule has 0 aliphatic rings. The van der Waals surface area contributed by atoms with Gasteiger partial charge in [0.05, 0.1) is 12.2 Å². The molecular weight excluding hydrogens is 164 g/mol. The average molecular weight is 178 g/mol. The summed E-state index contributed by atoms with van der Waals surface area (Å²) in [6, 6.07) is 7.54. The van der Waals surface area contributed by atoms with Crippen LogP contribution in [-0.2, 0) is 11.2 Å². The highest BCUT2D eigenvalue weighted by atomic mass is 16.5. The molecule has 0 aromatic heterocycles. The van der Waals surface area contributed by atoms with E-state index < -0.39 is 0 Å². The largest absolute Gasteiger partial charge is 0.462 e. The quantitative estimate of drug-likeness (QED) is 0.664. The van der Waals surface area contributed by atoms with Crippen LogP contribution >= 0.6 is 0 Å². The molecule has 2 heteroatoms. The van der Waals surface area contributed by atoms with Gasteiger partial charge in [0.25, 0.3) is 0 Å². The van der Waals surface area contributed by atoms with E-state index in [0.717, 1.165) is 12.0 Å². The smallest absolute Gasteiger partial charge is 0.338 e. The van der Waals surface area contributed by atoms with Crippen LogP contribution in [0.3, 0.4) is 0 Å². The lowest BCUT2D eigenvalue weighted by atomic mass is 10.1. The van der Waals surface area contributed by atoms with Gasteiger partial charge < -0.3 is 4.74 Å². The fraction of sp³-hybridized carbons (Fsp3) is 0.364. The van der Waals surface area contributed by atoms with E-state index in [4.69, 9.17) is 4.74 Å². The summed E-state index contributed by atoms with van der Waals surface area (Å²) in [5.74, 6) is -0.222. The van der Waals surface area contributed by atoms with Crippen LogP contribution in [0.2, 0.25) is 0 Å². The Morgan fingerprint density at radius 3 is 2.62 bits per heavy atom. The standard InChI is InChI=1S/C11H14O2/c1-3-9-7-5-6-8-10(9)11(12)13-4-2/h5-8H,3-4H2,1-2H3. The highest BCUT2D eigenvalue weighted by molar-refractivity contribution is 5.91. The first-order valence-electron chi connectivity index (χ1n) is 4.54. The Bertz CT molecular complexity index is 292. The van der Waals surface area contributed by atoms with E-state index in [1.54, 1.807) is 6.07 Å². The molecule has 1 aromatic carbocycles. The molecule has 0 saturated heterocycles. The van der Waals surface area contributed by atoms with Crippen LogP contribution in [0.1, 0.15) is 29.8 Å². The van der Waals surface area contributed by atoms with Crippen LogP contribution in [0.15, 0.2) is 24.3 Å². The van der Waals surface area contributed by atoms with Crippen molar-refractivity contribution in [3.8, 4) is 0 Å². The maximum absolute atomic E-state index is 11.4. The maximum Gasteiger partial charge on any atom is 0.338 e. The van der Waals surface area contributed by atoms with Crippen molar-refractivity contribution in [1.82, 2.24) is 0 Å². The second-order valence-electron chi connectivity index (χ2n) is 2.73. The lowest BCUT2D eigenvalue weighted by Crippen LogP contribution is -2.07. The minimum Gasteiger partial charge on any atom is -0.462 e. The number of ether oxygens (including phenoxy) is 1. The van der Waals surface area contributed by atoms with Crippen molar-refractivity contribution in [3.05, 3.63) is 35.4 Å². The molecule has 0 bridgehead atoms. The first-order chi connectivity index (χ1) is 6.29. The van der Waals surface area contributed by atoms with E-state index in [0.29, 0.717) is 12.2 Å². The van der Waals surface area contributed by atoms with Crippen molar-refractivity contribution in [2.24, 2.45) is 0 Å². The molecule has 1 aromatic rings. The molecule has 0 aliphatic carbocycles. The molecule has 1 rings (SSSR count). The van der Waals surface area contributed by atoms with E-state index in [9.17, 15) is 4.79 Å². The third kappa shape index (κ3) is 2.31. The average Bonchev–Trinajstić information content (AvgIpc) is 2.18. The molecule has 0 aliphatic heterocycles. The van der Waals surface area contributed by atoms with Crippen molar-refractivity contribution >= 4 is 5.97 Å². The Morgan fingerprint density at radius 1 is 1.31 bits per heavy atom. The number of esters is 1. The van der Waals surface area contributed by atoms with Crippen LogP contribution < -0.4 is 0 Å². The van der Waals surface area contributed by atoms with Gasteiger partial charge in [0.1, 0.15) is 0 Å². The summed E-state index contributed by atoms with van der Waals surface area (Å²) in [5.41, 5.74) is 1.73. The van der Waals surface area contributed by atoms with Crippen molar-refractivity contribution < 1.29 is 9.53 Å². The van der Waals surface area contributed by atoms with Crippen molar-refractivity contribution in [2.75, 3.05) is 6.61 Å². The first-order valence-corrected chi connectivity index (χ1v) is 4.54. The van der Waals surface area contributed by atoms with E-state index in [2.05, 4.69) is 0 Å². The van der Waals surface area contributed by atoms with Gasteiger partial charge in [-0.05, 0) is 25.0 Å². The molecular formula is C11H14O2. The number of carbonyl (C=O) groups excluding carboxylic acids is 1. The van der Waals surface area contributed by atoms with E-state index in [1.165, 1.54) is 0 Å². The number of carbonyl (C=O) groups is 1. The predicted molar refractivity (Wildman–Crippen MR) is 51.8 cm³/mol. The second kappa shape index (κ2) is 4.65. The molecule has 0 spiro atoms. The maximum atomic E-state index is 11.4. The number of hydrogen-bond acceptors (Lipinski definition) is 2. The van der Waals surface area contributed by atoms with Crippen LogP contribution in [0.5, 0.6) is 0 Å². The second-order valence-corrected chi connectivity index (χ2v) is 2.73. The summed E-state index contributed by atoms with van der Waals surface area (Å²) < 4.78 is 4.93. The van der Waals surface area contributed by atoms with E-state index in [1.807, 2.05) is 32.0 Å². The van der Waals surface area contributed by atoms with Gasteiger partial charge in [-0.2, -0.15) is 0 Å². The van der Waals surface area contributed by atoms with E-state index >= 15 is 0 Å². The van der Waals surface area contributed by atoms with Crippen LogP contribution in [-0.4, -0.2) is 12.6 Å². The van der Waals surface area contributed by atoms with Crippen LogP contribution in [0, 0.1) is 0 Å². The molecule has 0 radical (unpaired) electrons. The number of benzene rings is 1. The lowest BCUT2D eigenvalue weighted by Gasteiger charge is -2.05. The monoisotopic (exact) mass is 178 g/mol. The Hall–Kier alpha value is -1.31. The molecule has 70 valence electrons. The zero-order chi connectivity index (χ0) is 9.68. The molecule has 0 unspecified atom stereocenters. The summed E-state index contributed by atoms with van der Waals surface area (Å²) in [6.45, 7) is 4.27. The van der Waals surface area contributed by atoms with Crippen molar-refractivity contribution in [2.45, 2.75) is 20.3 Å². The molecule has 0 saturated carbocycles. The summed E-state index contributed by atoms with van der Waals surface area (Å²) in [6.07, 6.45) is 0.856. The lowest BCUT2D eigenvalue weighted by molar-refractivity contribution is 0.0525. The Labute approximate surface area is 78.5 Å². The van der Waals surface area contributed by atoms with Gasteiger partial charge in [-0.1, -0.05) is 25.1 Å². The van der Waals surface area contributed by atoms with Gasteiger partial charge in [0.2, 0.25) is 0 Å². The third-order valence-corrected chi connectivity index (χ3v) is 1.89. The summed E-state index contributed by atoms with van der Waals surface area (Å²) in [4.78, 5) is 11.4. The van der Waals surface area contributed by atoms with Gasteiger partial charge in [-0.3, -0.25) is 0 Å². The zero-order valence-corrected chi connectivity index (χ0v) is 8.04. The number of aryl methyl sites for hydroxylation is 1. The van der Waals surface area contributed by atoms with Crippen LogP contribution in [0.4, 0.5) is 0 Å². The molecule has 0 amide bonds. The Kier molecular flexibility index (Phi) is 3.50. The van der Waals surface area contributed by atoms with E-state index in [-0.39, 0.29) is 5.97 Å². The molecule has 0 atom stereocenters. The topological polar surface area (TPSA) is 26.3 Å². The minimum atomic E-state index is -0.222. The molecule has 0 N–H and O–H groups in total. The predicted octanol–water partition coefficient (Wildman–Crippen LogP) is 2.43. The summed E-state index contributed by atoms with van der Waals surface area (Å²) >= 11 is 0. The van der Waals surface area contributed by atoms with Crippen molar-refractivity contribution in [1.29, 1.82) is 0 Å². The molecule has 13 heavy (non-hydrogen) atoms. The number of hydrogen-bond donors (Lipinski definition) is 0. The zero-order valence-electron chi connectivity index (χ0n) is 8.04. The highest BCUT2D eigenvalue weighted by Gasteiger charge is 2.09. The third-order valence-electron chi connectivity index (χ3n) is 1.89. The Morgan fingerprint density at radius 2 is 2.00 bits per heavy atom. The summed E-state index contributed by atoms with van der Waals surface area (Å²) in [5, 5.41) is 0. The molecule has 2 nitrogen and oxygen atoms in total. The summed E-state index contributed by atoms with van der Waals surface area (Å²) in [7, 11) is 0. The fourth-order valence-electron chi connectivity index (χ4n) is 1.24. The van der Waals surface area contributed by atoms with Gasteiger partial charge in [0.15, 0.2) is 0 Å². The van der Waals surface area contributed by atoms with Crippen molar-refractivity contribution in [3.63, 3.8) is 0 Å². The fourth-order valence-corrected chi connectivity index (χ4v) is 1.24. The Balaban J connectivity index is 2.92. The van der Waals surface area contributed by atoms with Gasteiger partial charge >= 0.3 is 5.97 Å². The molecule has 0 heterocycles. The SMILES string of the molecule is CCOC(=O)c1ccccc1CC. The number of rotatable bonds is 3. The van der Waals surface area contributed by atoms with Gasteiger partial charge in [-0.25, -0.2) is 4.79 Å². The highest BCUT2D eigenvalue weighted by Crippen LogP contribution is 2.10. The first kappa shape index (κ1) is 9.78.